The van der Waals surface area contributed by atoms with Crippen LogP contribution in [0, 0.1) is 17.8 Å². The lowest BCUT2D eigenvalue weighted by molar-refractivity contribution is -0.121. The number of nitrogens with zero attached hydrogens (tertiary/aromatic N) is 1. The molecule has 2 fully saturated rings. The van der Waals surface area contributed by atoms with Crippen LogP contribution in [0.1, 0.15) is 75.2 Å². The van der Waals surface area contributed by atoms with Crippen LogP contribution in [0.15, 0.2) is 21.9 Å². The number of hydrogen-bond donors (Lipinski definition) is 2. The van der Waals surface area contributed by atoms with Crippen molar-refractivity contribution in [2.75, 3.05) is 5.75 Å². The Balaban J connectivity index is 1.43. The van der Waals surface area contributed by atoms with E-state index in [4.69, 9.17) is 5.11 Å². The van der Waals surface area contributed by atoms with E-state index in [1.807, 2.05) is 6.92 Å². The van der Waals surface area contributed by atoms with Gasteiger partial charge in [-0.25, -0.2) is 9.78 Å². The van der Waals surface area contributed by atoms with E-state index in [0.717, 1.165) is 41.7 Å². The zero-order valence-electron chi connectivity index (χ0n) is 17.0. The Morgan fingerprint density at radius 3 is 2.83 bits per heavy atom. The van der Waals surface area contributed by atoms with Crippen LogP contribution in [0.3, 0.4) is 0 Å². The fourth-order valence-corrected chi connectivity index (χ4v) is 6.02. The lowest BCUT2D eigenvalue weighted by atomic mass is 9.79. The van der Waals surface area contributed by atoms with Gasteiger partial charge in [0.1, 0.15) is 5.78 Å². The normalized spacial score (nSPS) is 24.7. The summed E-state index contributed by atoms with van der Waals surface area (Å²) in [5.74, 6) is 1.15. The maximum absolute atomic E-state index is 12.3. The number of allylic oxidation sites excluding steroid dienone is 1. The number of carbonyl (C=O) groups excluding carboxylic acids is 1. The van der Waals surface area contributed by atoms with E-state index in [1.165, 1.54) is 42.4 Å². The number of thioether (sulfide) groups is 1. The molecule has 0 amide bonds. The average molecular weight is 438 g/mol. The Labute approximate surface area is 181 Å². The van der Waals surface area contributed by atoms with Crippen molar-refractivity contribution in [2.24, 2.45) is 17.8 Å². The van der Waals surface area contributed by atoms with E-state index >= 15 is 0 Å². The van der Waals surface area contributed by atoms with Crippen LogP contribution < -0.4 is 0 Å². The molecule has 5 nitrogen and oxygen atoms in total. The minimum Gasteiger partial charge on any atom is -0.476 e. The van der Waals surface area contributed by atoms with Crippen LogP contribution in [0.2, 0.25) is 0 Å². The number of carboxylic acid groups (broad SMARTS) is 1. The Hall–Kier alpha value is -1.18. The van der Waals surface area contributed by atoms with Crippen molar-refractivity contribution in [2.45, 2.75) is 74.7 Å². The standard InChI is InChI=1S/C22H31NO4S2/c1-22(27,12-9-15-4-2-5-15)11-3-6-16-7-8-19(24)17(16)10-13-28-21-23-18(14-29-21)20(25)26/h3,6,14-17,27H,2,4-5,7-13H2,1H3,(H,25,26)/t16-,17+,22-/m0/s1. The summed E-state index contributed by atoms with van der Waals surface area (Å²) in [5.41, 5.74) is -0.577. The molecule has 0 unspecified atom stereocenters. The molecule has 29 heavy (non-hydrogen) atoms. The van der Waals surface area contributed by atoms with Gasteiger partial charge in [-0.3, -0.25) is 4.79 Å². The molecule has 2 aliphatic carbocycles. The van der Waals surface area contributed by atoms with Crippen molar-refractivity contribution in [3.63, 3.8) is 0 Å². The van der Waals surface area contributed by atoms with E-state index in [-0.39, 0.29) is 17.5 Å². The first-order chi connectivity index (χ1) is 13.8. The average Bonchev–Trinajstić information content (AvgIpc) is 3.22. The maximum atomic E-state index is 12.3. The summed E-state index contributed by atoms with van der Waals surface area (Å²) >= 11 is 2.86. The molecular formula is C22H31NO4S2. The summed E-state index contributed by atoms with van der Waals surface area (Å²) in [6, 6.07) is 0. The number of carboxylic acids is 1. The molecule has 7 heteroatoms. The summed E-state index contributed by atoms with van der Waals surface area (Å²) < 4.78 is 0.738. The second-order valence-corrected chi connectivity index (χ2v) is 10.9. The van der Waals surface area contributed by atoms with E-state index in [9.17, 15) is 14.7 Å². The van der Waals surface area contributed by atoms with Crippen molar-refractivity contribution < 1.29 is 19.8 Å². The molecule has 160 valence electrons. The van der Waals surface area contributed by atoms with Crippen molar-refractivity contribution in [1.82, 2.24) is 4.98 Å². The number of thiazole rings is 1. The van der Waals surface area contributed by atoms with Gasteiger partial charge in [-0.1, -0.05) is 43.2 Å². The number of ketones is 1. The zero-order chi connectivity index (χ0) is 20.9. The smallest absolute Gasteiger partial charge is 0.355 e. The van der Waals surface area contributed by atoms with Gasteiger partial charge in [-0.05, 0) is 50.9 Å². The summed E-state index contributed by atoms with van der Waals surface area (Å²) in [6.07, 6.45) is 13.1. The van der Waals surface area contributed by atoms with Crippen LogP contribution in [0.5, 0.6) is 0 Å². The van der Waals surface area contributed by atoms with Gasteiger partial charge < -0.3 is 10.2 Å². The predicted octanol–water partition coefficient (Wildman–Crippen LogP) is 5.20. The van der Waals surface area contributed by atoms with Crippen molar-refractivity contribution in [3.8, 4) is 0 Å². The first-order valence-electron chi connectivity index (χ1n) is 10.6. The molecule has 0 spiro atoms. The molecule has 2 saturated carbocycles. The fourth-order valence-electron chi connectivity index (χ4n) is 4.13. The molecule has 0 radical (unpaired) electrons. The van der Waals surface area contributed by atoms with Gasteiger partial charge in [0, 0.05) is 23.5 Å². The van der Waals surface area contributed by atoms with E-state index < -0.39 is 11.6 Å². The lowest BCUT2D eigenvalue weighted by Crippen LogP contribution is -2.25. The van der Waals surface area contributed by atoms with E-state index in [2.05, 4.69) is 17.1 Å². The maximum Gasteiger partial charge on any atom is 0.355 e. The Morgan fingerprint density at radius 1 is 1.38 bits per heavy atom. The molecular weight excluding hydrogens is 406 g/mol. The summed E-state index contributed by atoms with van der Waals surface area (Å²) in [6.45, 7) is 1.92. The molecule has 2 aliphatic rings. The van der Waals surface area contributed by atoms with Crippen molar-refractivity contribution in [1.29, 1.82) is 0 Å². The third-order valence-electron chi connectivity index (χ3n) is 6.27. The van der Waals surface area contributed by atoms with Gasteiger partial charge in [0.05, 0.1) is 5.60 Å². The SMILES string of the molecule is C[C@](O)(CC=C[C@H]1CCC(=O)[C@@H]1CCSc1nc(C(=O)O)cs1)CCC1CCC1. The Morgan fingerprint density at radius 2 is 2.17 bits per heavy atom. The number of Topliss-reactive ketones (excluding diaryl/α,β-unsaturated/α-hetero) is 1. The van der Waals surface area contributed by atoms with Gasteiger partial charge >= 0.3 is 5.97 Å². The van der Waals surface area contributed by atoms with Gasteiger partial charge in [-0.2, -0.15) is 0 Å². The largest absolute Gasteiger partial charge is 0.476 e. The highest BCUT2D eigenvalue weighted by Crippen LogP contribution is 2.36. The highest BCUT2D eigenvalue weighted by Gasteiger charge is 2.32. The molecule has 1 aromatic heterocycles. The number of aromatic nitrogens is 1. The first-order valence-corrected chi connectivity index (χ1v) is 12.4. The van der Waals surface area contributed by atoms with Gasteiger partial charge in [0.2, 0.25) is 0 Å². The van der Waals surface area contributed by atoms with Crippen LogP contribution in [0.25, 0.3) is 0 Å². The number of hydrogen-bond acceptors (Lipinski definition) is 6. The molecule has 2 N–H and O–H groups in total. The second kappa shape index (κ2) is 10.2. The Bertz CT molecular complexity index is 739. The quantitative estimate of drug-likeness (QED) is 0.366. The monoisotopic (exact) mass is 437 g/mol. The first kappa shape index (κ1) is 22.5. The molecule has 1 heterocycles. The van der Waals surface area contributed by atoms with Crippen molar-refractivity contribution >= 4 is 34.9 Å². The number of aromatic carboxylic acids is 1. The van der Waals surface area contributed by atoms with Gasteiger partial charge in [0.15, 0.2) is 10.0 Å². The van der Waals surface area contributed by atoms with Gasteiger partial charge in [-0.15, -0.1) is 11.3 Å². The minimum absolute atomic E-state index is 0.0255. The summed E-state index contributed by atoms with van der Waals surface area (Å²) in [5, 5.41) is 21.1. The van der Waals surface area contributed by atoms with Crippen molar-refractivity contribution in [3.05, 3.63) is 23.2 Å². The molecule has 0 aromatic carbocycles. The molecule has 3 atom stereocenters. The fraction of sp³-hybridized carbons (Fsp3) is 0.682. The third kappa shape index (κ3) is 6.66. The van der Waals surface area contributed by atoms with Crippen LogP contribution in [-0.4, -0.2) is 38.3 Å². The molecule has 0 aliphatic heterocycles. The highest BCUT2D eigenvalue weighted by molar-refractivity contribution is 8.01. The van der Waals surface area contributed by atoms with Crippen LogP contribution in [0.4, 0.5) is 0 Å². The number of aliphatic hydroxyl groups is 1. The third-order valence-corrected chi connectivity index (χ3v) is 8.32. The zero-order valence-corrected chi connectivity index (χ0v) is 18.6. The molecule has 0 bridgehead atoms. The predicted molar refractivity (Wildman–Crippen MR) is 117 cm³/mol. The highest BCUT2D eigenvalue weighted by atomic mass is 32.2. The topological polar surface area (TPSA) is 87.5 Å². The van der Waals surface area contributed by atoms with E-state index in [0.29, 0.717) is 18.6 Å². The summed E-state index contributed by atoms with van der Waals surface area (Å²) in [7, 11) is 0. The molecule has 3 rings (SSSR count). The van der Waals surface area contributed by atoms with Crippen LogP contribution >= 0.6 is 23.1 Å². The van der Waals surface area contributed by atoms with Crippen LogP contribution in [-0.2, 0) is 4.79 Å². The molecule has 1 aromatic rings. The van der Waals surface area contributed by atoms with Gasteiger partial charge in [0.25, 0.3) is 0 Å². The lowest BCUT2D eigenvalue weighted by Gasteiger charge is -2.29. The van der Waals surface area contributed by atoms with E-state index in [1.54, 1.807) is 5.38 Å². The molecule has 0 saturated heterocycles. The number of rotatable bonds is 11. The number of carbonyl (C=O) groups is 2. The Kier molecular flexibility index (Phi) is 7.93. The minimum atomic E-state index is -1.01. The second-order valence-electron chi connectivity index (χ2n) is 8.68. The summed E-state index contributed by atoms with van der Waals surface area (Å²) in [4.78, 5) is 27.3.